The molecule has 0 amide bonds. The molecule has 6 rings (SSSR count). The van der Waals surface area contributed by atoms with E-state index in [4.69, 9.17) is 42.1 Å². The Bertz CT molecular complexity index is 1410. The van der Waals surface area contributed by atoms with E-state index in [9.17, 15) is 9.59 Å². The van der Waals surface area contributed by atoms with Crippen molar-refractivity contribution in [2.75, 3.05) is 26.4 Å². The van der Waals surface area contributed by atoms with E-state index >= 15 is 0 Å². The highest BCUT2D eigenvalue weighted by Crippen LogP contribution is 2.61. The molecule has 0 aliphatic heterocycles. The van der Waals surface area contributed by atoms with Crippen molar-refractivity contribution in [3.05, 3.63) is 34.3 Å². The van der Waals surface area contributed by atoms with Gasteiger partial charge in [-0.2, -0.15) is 0 Å². The van der Waals surface area contributed by atoms with Gasteiger partial charge in [-0.05, 0) is 111 Å². The third-order valence-corrected chi connectivity index (χ3v) is 20.2. The maximum Gasteiger partial charge on any atom is 0.309 e. The number of rotatable bonds is 17. The van der Waals surface area contributed by atoms with Gasteiger partial charge in [0, 0.05) is 11.1 Å². The quantitative estimate of drug-likeness (QED) is 0.117. The zero-order valence-corrected chi connectivity index (χ0v) is 37.4. The van der Waals surface area contributed by atoms with Crippen molar-refractivity contribution >= 4 is 61.6 Å². The first kappa shape index (κ1) is 44.0. The van der Waals surface area contributed by atoms with Crippen LogP contribution in [0.5, 0.6) is 11.5 Å². The molecule has 56 heavy (non-hydrogen) atoms. The molecule has 0 saturated heterocycles. The molecule has 0 spiro atoms. The lowest BCUT2D eigenvalue weighted by atomic mass is 9.99. The molecule has 4 fully saturated rings. The van der Waals surface area contributed by atoms with E-state index in [2.05, 4.69) is 24.3 Å². The number of carbonyl (C=O) groups excluding carboxylic acids is 2. The largest absolute Gasteiger partial charge is 0.491 e. The average molecular weight is 848 g/mol. The number of benzene rings is 2. The van der Waals surface area contributed by atoms with E-state index in [1.165, 1.54) is 139 Å². The van der Waals surface area contributed by atoms with Crippen LogP contribution in [0.25, 0.3) is 11.1 Å². The third kappa shape index (κ3) is 11.4. The maximum absolute atomic E-state index is 12.7. The first-order valence-corrected chi connectivity index (χ1v) is 25.9. The molecule has 0 atom stereocenters. The van der Waals surface area contributed by atoms with Gasteiger partial charge in [0.05, 0.1) is 49.3 Å². The Balaban J connectivity index is 1.60. The minimum atomic E-state index is -0.605. The van der Waals surface area contributed by atoms with Gasteiger partial charge in [0.2, 0.25) is 0 Å². The summed E-state index contributed by atoms with van der Waals surface area (Å²) in [5.74, 6) is 0.706. The summed E-state index contributed by atoms with van der Waals surface area (Å²) in [4.78, 5) is 25.3. The zero-order chi connectivity index (χ0) is 39.3. The second-order valence-corrected chi connectivity index (χ2v) is 22.7. The molecule has 2 aromatic rings. The van der Waals surface area contributed by atoms with Crippen LogP contribution in [-0.2, 0) is 19.1 Å². The van der Waals surface area contributed by atoms with Crippen LogP contribution in [-0.4, -0.2) is 61.0 Å². The Labute approximate surface area is 349 Å². The summed E-state index contributed by atoms with van der Waals surface area (Å²) in [6, 6.07) is 8.78. The molecule has 0 heterocycles. The topological polar surface area (TPSA) is 71.1 Å². The van der Waals surface area contributed by atoms with Gasteiger partial charge >= 0.3 is 11.9 Å². The van der Waals surface area contributed by atoms with Gasteiger partial charge in [-0.15, -0.1) is 0 Å². The van der Waals surface area contributed by atoms with Crippen LogP contribution in [0.1, 0.15) is 155 Å². The van der Waals surface area contributed by atoms with E-state index in [1.807, 2.05) is 13.8 Å². The fraction of sp³-hybridized carbons (Fsp3) is 0.696. The molecule has 6 nitrogen and oxygen atoms in total. The molecule has 4 aliphatic carbocycles. The standard InChI is InChI=1S/C46H66Cl2O6P2/c1-3-51-41(49)29-31-53-45-37(47)25-27-39(55(33-17-9-5-10-18-33)34-19-11-6-12-20-34)43(45)44-40(28-26-38(48)46(44)54-32-30-42(50)52-4-2)56(35-21-13-7-14-22-35)36-23-15-8-16-24-36/h25-28,33-36H,3-24,29-32H2,1-2H3. The average Bonchev–Trinajstić information content (AvgIpc) is 3.22. The van der Waals surface area contributed by atoms with E-state index in [-0.39, 0.29) is 38.0 Å². The van der Waals surface area contributed by atoms with Crippen molar-refractivity contribution in [3.63, 3.8) is 0 Å². The van der Waals surface area contributed by atoms with Crippen LogP contribution in [0.3, 0.4) is 0 Å². The fourth-order valence-electron chi connectivity index (χ4n) is 10.0. The predicted molar refractivity (Wildman–Crippen MR) is 236 cm³/mol. The molecular weight excluding hydrogens is 781 g/mol. The summed E-state index contributed by atoms with van der Waals surface area (Å²) >= 11 is 14.7. The van der Waals surface area contributed by atoms with Gasteiger partial charge in [-0.25, -0.2) is 0 Å². The smallest absolute Gasteiger partial charge is 0.309 e. The first-order valence-electron chi connectivity index (χ1n) is 22.2. The van der Waals surface area contributed by atoms with Gasteiger partial charge in [0.1, 0.15) is 11.5 Å². The van der Waals surface area contributed by atoms with Gasteiger partial charge in [-0.3, -0.25) is 9.59 Å². The number of halogens is 2. The molecule has 4 aliphatic rings. The van der Waals surface area contributed by atoms with Gasteiger partial charge in [0.25, 0.3) is 0 Å². The summed E-state index contributed by atoms with van der Waals surface area (Å²) in [5.41, 5.74) is 4.58. The van der Waals surface area contributed by atoms with E-state index in [1.54, 1.807) is 0 Å². The Hall–Kier alpha value is -1.58. The lowest BCUT2D eigenvalue weighted by molar-refractivity contribution is -0.144. The Morgan fingerprint density at radius 1 is 0.518 bits per heavy atom. The number of esters is 2. The minimum Gasteiger partial charge on any atom is -0.491 e. The zero-order valence-electron chi connectivity index (χ0n) is 34.1. The van der Waals surface area contributed by atoms with Gasteiger partial charge < -0.3 is 18.9 Å². The summed E-state index contributed by atoms with van der Waals surface area (Å²) < 4.78 is 24.3. The SMILES string of the molecule is CCOC(=O)CCOc1c(Cl)ccc(P(C2CCCCC2)C2CCCCC2)c1-c1c(P(C2CCCCC2)C2CCCCC2)ccc(Cl)c1OCCC(=O)OCC. The van der Waals surface area contributed by atoms with Crippen LogP contribution in [0, 0.1) is 0 Å². The lowest BCUT2D eigenvalue weighted by Crippen LogP contribution is -2.30. The van der Waals surface area contributed by atoms with Crippen molar-refractivity contribution < 1.29 is 28.5 Å². The second kappa shape index (κ2) is 22.7. The van der Waals surface area contributed by atoms with E-state index < -0.39 is 15.8 Å². The number of hydrogen-bond acceptors (Lipinski definition) is 6. The maximum atomic E-state index is 12.7. The molecule has 0 unspecified atom stereocenters. The molecule has 0 bridgehead atoms. The van der Waals surface area contributed by atoms with Gasteiger partial charge in [-0.1, -0.05) is 128 Å². The van der Waals surface area contributed by atoms with Crippen molar-refractivity contribution in [2.24, 2.45) is 0 Å². The Morgan fingerprint density at radius 3 is 1.11 bits per heavy atom. The Morgan fingerprint density at radius 2 is 0.821 bits per heavy atom. The molecular formula is C46H66Cl2O6P2. The molecule has 0 N–H and O–H groups in total. The van der Waals surface area contributed by atoms with E-state index in [0.29, 0.717) is 57.4 Å². The summed E-state index contributed by atoms with van der Waals surface area (Å²) in [6.07, 6.45) is 25.8. The highest BCUT2D eigenvalue weighted by molar-refractivity contribution is 7.68. The molecule has 10 heteroatoms. The molecule has 2 aromatic carbocycles. The lowest BCUT2D eigenvalue weighted by Gasteiger charge is -2.42. The molecule has 0 aromatic heterocycles. The monoisotopic (exact) mass is 846 g/mol. The molecule has 4 saturated carbocycles. The summed E-state index contributed by atoms with van der Waals surface area (Å²) in [7, 11) is -1.21. The van der Waals surface area contributed by atoms with Crippen molar-refractivity contribution in [1.29, 1.82) is 0 Å². The van der Waals surface area contributed by atoms with Crippen molar-refractivity contribution in [2.45, 2.75) is 178 Å². The van der Waals surface area contributed by atoms with E-state index in [0.717, 1.165) is 11.1 Å². The second-order valence-electron chi connectivity index (χ2n) is 16.3. The number of hydrogen-bond donors (Lipinski definition) is 0. The minimum absolute atomic E-state index is 0.135. The van der Waals surface area contributed by atoms with Crippen LogP contribution in [0.4, 0.5) is 0 Å². The Kier molecular flexibility index (Phi) is 17.8. The number of ether oxygens (including phenoxy) is 4. The van der Waals surface area contributed by atoms with Crippen molar-refractivity contribution in [3.8, 4) is 22.6 Å². The third-order valence-electron chi connectivity index (χ3n) is 12.6. The molecule has 0 radical (unpaired) electrons. The predicted octanol–water partition coefficient (Wildman–Crippen LogP) is 12.9. The first-order chi connectivity index (χ1) is 27.4. The summed E-state index contributed by atoms with van der Waals surface area (Å²) in [6.45, 7) is 4.65. The molecule has 310 valence electrons. The highest BCUT2D eigenvalue weighted by atomic mass is 35.5. The van der Waals surface area contributed by atoms with Crippen LogP contribution in [0.2, 0.25) is 10.0 Å². The van der Waals surface area contributed by atoms with Gasteiger partial charge in [0.15, 0.2) is 0 Å². The van der Waals surface area contributed by atoms with Crippen LogP contribution in [0.15, 0.2) is 24.3 Å². The fourth-order valence-corrected chi connectivity index (χ4v) is 18.4. The van der Waals surface area contributed by atoms with Crippen LogP contribution >= 0.6 is 39.0 Å². The number of carbonyl (C=O) groups is 2. The highest BCUT2D eigenvalue weighted by Gasteiger charge is 2.40. The summed E-state index contributed by atoms with van der Waals surface area (Å²) in [5, 5.41) is 3.79. The normalized spacial score (nSPS) is 19.3. The van der Waals surface area contributed by atoms with Crippen LogP contribution < -0.4 is 20.1 Å². The van der Waals surface area contributed by atoms with Crippen molar-refractivity contribution in [1.82, 2.24) is 0 Å².